The minimum atomic E-state index is -1.05. The number of carboxylic acids is 1. The van der Waals surface area contributed by atoms with Gasteiger partial charge in [0.1, 0.15) is 34.7 Å². The maximum atomic E-state index is 11.5. The van der Waals surface area contributed by atoms with Gasteiger partial charge in [-0.3, -0.25) is 0 Å². The first kappa shape index (κ1) is 41.8. The Bertz CT molecular complexity index is 2210. The Morgan fingerprint density at radius 2 is 1.58 bits per heavy atom. The summed E-state index contributed by atoms with van der Waals surface area (Å²) in [4.78, 5) is 23.9. The van der Waals surface area contributed by atoms with E-state index in [0.29, 0.717) is 16.8 Å². The first-order chi connectivity index (χ1) is 26.0. The van der Waals surface area contributed by atoms with E-state index in [1.807, 2.05) is 68.4 Å². The zero-order valence-electron chi connectivity index (χ0n) is 31.6. The molecule has 2 heterocycles. The number of hydrogen-bond acceptors (Lipinski definition) is 13. The van der Waals surface area contributed by atoms with Crippen molar-refractivity contribution >= 4 is 51.8 Å². The minimum Gasteiger partial charge on any atom is -0.506 e. The SMILES string of the molecule is CC(C)N(c1ccc(N=Nc2ncn[nH]2)c(C(=O)O)c1)C(C)C.CCN(CC)c1cc(O)c(N=Nc2nc3ccc(-c4ccccc4)cc3o2)cc1OC.[Pd]. The molecule has 15 nitrogen and oxygen atoms in total. The van der Waals surface area contributed by atoms with Crippen molar-refractivity contribution in [2.24, 2.45) is 20.5 Å². The maximum absolute atomic E-state index is 11.5. The molecule has 2 aromatic heterocycles. The summed E-state index contributed by atoms with van der Waals surface area (Å²) >= 11 is 0. The number of phenolic OH excluding ortho intramolecular Hbond substituents is 1. The van der Waals surface area contributed by atoms with Crippen LogP contribution in [-0.2, 0) is 20.4 Å². The Hall–Kier alpha value is -5.98. The van der Waals surface area contributed by atoms with Crippen LogP contribution in [0, 0.1) is 0 Å². The van der Waals surface area contributed by atoms with Gasteiger partial charge in [0, 0.05) is 63.4 Å². The second kappa shape index (κ2) is 19.4. The predicted molar refractivity (Wildman–Crippen MR) is 209 cm³/mol. The molecule has 0 amide bonds. The van der Waals surface area contributed by atoms with E-state index in [1.54, 1.807) is 31.4 Å². The molecule has 0 saturated heterocycles. The molecule has 6 rings (SSSR count). The average Bonchev–Trinajstić information content (AvgIpc) is 3.84. The zero-order valence-corrected chi connectivity index (χ0v) is 33.2. The van der Waals surface area contributed by atoms with E-state index in [0.717, 1.165) is 35.6 Å². The van der Waals surface area contributed by atoms with E-state index in [-0.39, 0.29) is 67.2 Å². The molecule has 16 heteroatoms. The van der Waals surface area contributed by atoms with Crippen LogP contribution in [0.5, 0.6) is 11.5 Å². The molecule has 0 unspecified atom stereocenters. The largest absolute Gasteiger partial charge is 0.506 e. The van der Waals surface area contributed by atoms with Crippen LogP contribution in [0.15, 0.2) is 110 Å². The van der Waals surface area contributed by atoms with E-state index in [9.17, 15) is 15.0 Å². The van der Waals surface area contributed by atoms with Gasteiger partial charge in [-0.2, -0.15) is 15.1 Å². The van der Waals surface area contributed by atoms with E-state index < -0.39 is 5.97 Å². The number of carbonyl (C=O) groups is 1. The number of fused-ring (bicyclic) bond motifs is 1. The van der Waals surface area contributed by atoms with E-state index in [4.69, 9.17) is 9.15 Å². The zero-order chi connectivity index (χ0) is 38.8. The van der Waals surface area contributed by atoms with Crippen molar-refractivity contribution in [3.63, 3.8) is 0 Å². The number of ether oxygens (including phenoxy) is 1. The van der Waals surface area contributed by atoms with Gasteiger partial charge in [-0.1, -0.05) is 41.5 Å². The molecule has 290 valence electrons. The third-order valence-electron chi connectivity index (χ3n) is 8.38. The molecule has 4 aromatic carbocycles. The van der Waals surface area contributed by atoms with Gasteiger partial charge >= 0.3 is 12.0 Å². The fraction of sp³-hybridized carbons (Fsp3) is 0.282. The summed E-state index contributed by atoms with van der Waals surface area (Å²) < 4.78 is 11.2. The van der Waals surface area contributed by atoms with Crippen LogP contribution in [0.4, 0.5) is 34.7 Å². The van der Waals surface area contributed by atoms with Gasteiger partial charge in [-0.05, 0) is 83.0 Å². The fourth-order valence-corrected chi connectivity index (χ4v) is 5.95. The average molecular weight is 839 g/mol. The number of anilines is 2. The van der Waals surface area contributed by atoms with E-state index >= 15 is 0 Å². The van der Waals surface area contributed by atoms with E-state index in [2.05, 4.69) is 78.1 Å². The van der Waals surface area contributed by atoms with E-state index in [1.165, 1.54) is 6.33 Å². The second-order valence-electron chi connectivity index (χ2n) is 12.5. The first-order valence-electron chi connectivity index (χ1n) is 17.5. The number of nitrogens with one attached hydrogen (secondary N) is 1. The van der Waals surface area contributed by atoms with Gasteiger partial charge < -0.3 is 29.2 Å². The number of H-pyrrole nitrogens is 1. The van der Waals surface area contributed by atoms with Crippen molar-refractivity contribution in [3.05, 3.63) is 90.8 Å². The molecule has 0 spiro atoms. The van der Waals surface area contributed by atoms with Gasteiger partial charge in [0.05, 0.1) is 18.4 Å². The quantitative estimate of drug-likeness (QED) is 0.0745. The normalized spacial score (nSPS) is 11.2. The number of carboxylic acid groups (broad SMARTS) is 1. The molecule has 0 atom stereocenters. The molecule has 0 aliphatic heterocycles. The topological polar surface area (TPSA) is 190 Å². The number of nitrogens with zero attached hydrogens (tertiary/aromatic N) is 9. The van der Waals surface area contributed by atoms with Crippen molar-refractivity contribution in [1.82, 2.24) is 20.2 Å². The van der Waals surface area contributed by atoms with Crippen LogP contribution in [0.2, 0.25) is 0 Å². The van der Waals surface area contributed by atoms with Crippen LogP contribution in [0.1, 0.15) is 51.9 Å². The first-order valence-corrected chi connectivity index (χ1v) is 17.5. The smallest absolute Gasteiger partial charge is 0.341 e. The van der Waals surface area contributed by atoms with Crippen molar-refractivity contribution in [2.45, 2.75) is 53.6 Å². The number of aromatic amines is 1. The standard InChI is InChI=1S/C24H24N4O3.C15H20N6O2.Pd/c1-4-28(5-2)20-15-21(29)19(14-23(20)30-3)26-27-24-25-18-12-11-17(13-22(18)31-24)16-9-7-6-8-10-16;1-9(2)21(10(3)4)11-5-6-13(12(7-11)14(22)23)18-20-15-16-8-17-19-15;/h6-15,29H,4-5H2,1-3H3;5-10H,1-4H3,(H,22,23)(H,16,17,19);. The van der Waals surface area contributed by atoms with Gasteiger partial charge in [-0.25, -0.2) is 9.89 Å². The minimum absolute atomic E-state index is 0. The monoisotopic (exact) mass is 838 g/mol. The Labute approximate surface area is 332 Å². The molecule has 0 aliphatic rings. The molecule has 0 saturated carbocycles. The Kier molecular flexibility index (Phi) is 14.7. The number of phenols is 1. The molecule has 6 aromatic rings. The van der Waals surface area contributed by atoms with Gasteiger partial charge in [-0.15, -0.1) is 15.3 Å². The number of aromatic carboxylic acids is 1. The summed E-state index contributed by atoms with van der Waals surface area (Å²) in [6.07, 6.45) is 1.30. The summed E-state index contributed by atoms with van der Waals surface area (Å²) in [5.41, 5.74) is 5.71. The molecular weight excluding hydrogens is 795 g/mol. The summed E-state index contributed by atoms with van der Waals surface area (Å²) in [7, 11) is 1.59. The number of rotatable bonds is 13. The number of aromatic nitrogens is 4. The number of hydrogen-bond donors (Lipinski definition) is 3. The Morgan fingerprint density at radius 1 is 0.873 bits per heavy atom. The third kappa shape index (κ3) is 10.4. The Balaban J connectivity index is 0.000000251. The van der Waals surface area contributed by atoms with Gasteiger partial charge in [0.25, 0.3) is 5.95 Å². The van der Waals surface area contributed by atoms with Crippen molar-refractivity contribution < 1.29 is 44.6 Å². The predicted octanol–water partition coefficient (Wildman–Crippen LogP) is 10.0. The second-order valence-corrected chi connectivity index (χ2v) is 12.5. The van der Waals surface area contributed by atoms with Crippen LogP contribution < -0.4 is 14.5 Å². The van der Waals surface area contributed by atoms with Crippen molar-refractivity contribution in [2.75, 3.05) is 30.0 Å². The number of benzene rings is 4. The third-order valence-corrected chi connectivity index (χ3v) is 8.38. The number of methoxy groups -OCH3 is 1. The summed E-state index contributed by atoms with van der Waals surface area (Å²) in [6.45, 7) is 13.9. The molecule has 0 radical (unpaired) electrons. The summed E-state index contributed by atoms with van der Waals surface area (Å²) in [6, 6.07) is 24.9. The van der Waals surface area contributed by atoms with Crippen molar-refractivity contribution in [3.8, 4) is 22.6 Å². The molecule has 0 aliphatic carbocycles. The van der Waals surface area contributed by atoms with Gasteiger partial charge in [0.15, 0.2) is 5.58 Å². The molecule has 0 bridgehead atoms. The fourth-order valence-electron chi connectivity index (χ4n) is 5.95. The molecular formula is C39H44N10O5Pd. The van der Waals surface area contributed by atoms with Crippen LogP contribution in [0.25, 0.3) is 22.2 Å². The molecule has 3 N–H and O–H groups in total. The van der Waals surface area contributed by atoms with Crippen LogP contribution in [-0.4, -0.2) is 68.6 Å². The molecule has 55 heavy (non-hydrogen) atoms. The Morgan fingerprint density at radius 3 is 2.20 bits per heavy atom. The summed E-state index contributed by atoms with van der Waals surface area (Å²) in [5, 5.41) is 42.1. The molecule has 0 fully saturated rings. The van der Waals surface area contributed by atoms with Gasteiger partial charge in [0.2, 0.25) is 0 Å². The number of aromatic hydroxyl groups is 1. The number of azo groups is 2. The van der Waals surface area contributed by atoms with Crippen molar-refractivity contribution in [1.29, 1.82) is 0 Å². The number of oxazole rings is 1. The van der Waals surface area contributed by atoms with Crippen LogP contribution in [0.3, 0.4) is 0 Å². The van der Waals surface area contributed by atoms with Crippen LogP contribution >= 0.6 is 0 Å². The summed E-state index contributed by atoms with van der Waals surface area (Å²) in [5.74, 6) is -0.211. The maximum Gasteiger partial charge on any atom is 0.341 e.